The van der Waals surface area contributed by atoms with Crippen molar-refractivity contribution in [2.24, 2.45) is 5.92 Å². The van der Waals surface area contributed by atoms with Gasteiger partial charge in [-0.3, -0.25) is 18.8 Å². The van der Waals surface area contributed by atoms with Gasteiger partial charge in [0.05, 0.1) is 23.3 Å². The van der Waals surface area contributed by atoms with Crippen molar-refractivity contribution in [3.63, 3.8) is 0 Å². The lowest BCUT2D eigenvalue weighted by Gasteiger charge is -2.16. The van der Waals surface area contributed by atoms with Crippen molar-refractivity contribution < 1.29 is 38.8 Å². The van der Waals surface area contributed by atoms with Crippen LogP contribution in [0, 0.1) is 19.8 Å². The molecule has 1 unspecified atom stereocenters. The predicted molar refractivity (Wildman–Crippen MR) is 193 cm³/mol. The van der Waals surface area contributed by atoms with Gasteiger partial charge >= 0.3 is 12.3 Å². The van der Waals surface area contributed by atoms with E-state index in [-0.39, 0.29) is 56.7 Å². The van der Waals surface area contributed by atoms with Gasteiger partial charge in [0.15, 0.2) is 5.75 Å². The smallest absolute Gasteiger partial charge is 0.304 e. The zero-order valence-corrected chi connectivity index (χ0v) is 29.6. The number of aryl methyl sites for hydroxylation is 1. The highest BCUT2D eigenvalue weighted by Gasteiger charge is 2.40. The number of pyridine rings is 1. The van der Waals surface area contributed by atoms with E-state index in [0.29, 0.717) is 35.5 Å². The highest BCUT2D eigenvalue weighted by molar-refractivity contribution is 6.27. The molecule has 11 nitrogen and oxygen atoms in total. The average Bonchev–Trinajstić information content (AvgIpc) is 3.60. The molecule has 3 atom stereocenters. The summed E-state index contributed by atoms with van der Waals surface area (Å²) in [6.07, 6.45) is 13.2. The van der Waals surface area contributed by atoms with Crippen LogP contribution in [0.2, 0.25) is 0 Å². The number of phenolic OH excluding ortho intramolecular Hbond substituents is 2. The Balaban J connectivity index is 1.56. The van der Waals surface area contributed by atoms with Crippen LogP contribution in [0.3, 0.4) is 0 Å². The molecule has 0 saturated heterocycles. The second-order valence-corrected chi connectivity index (χ2v) is 13.0. The number of anilines is 1. The molecule has 1 aliphatic rings. The molecule has 2 aromatic heterocycles. The lowest BCUT2D eigenvalue weighted by molar-refractivity contribution is -0.145. The Morgan fingerprint density at radius 2 is 1.90 bits per heavy atom. The maximum atomic E-state index is 13.9. The van der Waals surface area contributed by atoms with Crippen LogP contribution in [0.1, 0.15) is 88.2 Å². The number of aromatic nitrogens is 2. The molecule has 0 bridgehead atoms. The number of hydrogen-bond donors (Lipinski definition) is 3. The first-order chi connectivity index (χ1) is 23.8. The van der Waals surface area contributed by atoms with E-state index >= 15 is 0 Å². The van der Waals surface area contributed by atoms with Crippen LogP contribution < -0.4 is 10.1 Å². The number of aromatic hydroxyl groups is 2. The SMILES string of the molecule is CCCC[C@@H](C)/C=C/C=C(/C)C(=O)Nc1c(O)c2c(O)c(C)c3c(c2c2nc4cc(C)ccn4c12)C(=O)C(O/C=C/CC[C@H](C)OC(C)=O)O3. The normalized spacial score (nSPS) is 16.0. The number of phenols is 2. The molecule has 0 radical (unpaired) electrons. The molecule has 0 spiro atoms. The first kappa shape index (κ1) is 36.0. The molecular formula is C39H45N3O8. The lowest BCUT2D eigenvalue weighted by atomic mass is 9.94. The molecule has 3 N–H and O–H groups in total. The first-order valence-corrected chi connectivity index (χ1v) is 17.0. The molecule has 2 aromatic carbocycles. The van der Waals surface area contributed by atoms with Crippen LogP contribution in [0.25, 0.3) is 27.5 Å². The molecule has 1 aliphatic heterocycles. The Morgan fingerprint density at radius 1 is 1.14 bits per heavy atom. The third-order valence-electron chi connectivity index (χ3n) is 8.87. The molecule has 11 heteroatoms. The third kappa shape index (κ3) is 7.17. The second-order valence-electron chi connectivity index (χ2n) is 13.0. The van der Waals surface area contributed by atoms with Gasteiger partial charge in [-0.2, -0.15) is 0 Å². The van der Waals surface area contributed by atoms with E-state index in [4.69, 9.17) is 19.2 Å². The highest BCUT2D eigenvalue weighted by Crippen LogP contribution is 2.52. The summed E-state index contributed by atoms with van der Waals surface area (Å²) in [6.45, 7) is 12.6. The molecule has 0 saturated carbocycles. The molecule has 264 valence electrons. The van der Waals surface area contributed by atoms with Crippen molar-refractivity contribution in [2.75, 3.05) is 5.32 Å². The number of carbonyl (C=O) groups excluding carboxylic acids is 3. The molecule has 3 heterocycles. The van der Waals surface area contributed by atoms with Crippen molar-refractivity contribution in [1.82, 2.24) is 9.38 Å². The number of nitrogens with one attached hydrogen (secondary N) is 1. The summed E-state index contributed by atoms with van der Waals surface area (Å²) in [5.74, 6) is -1.57. The number of allylic oxidation sites excluding steroid dienone is 4. The first-order valence-electron chi connectivity index (χ1n) is 17.0. The topological polar surface area (TPSA) is 149 Å². The number of carbonyl (C=O) groups is 3. The van der Waals surface area contributed by atoms with Crippen LogP contribution in [-0.2, 0) is 19.1 Å². The van der Waals surface area contributed by atoms with Gasteiger partial charge in [0.1, 0.15) is 33.9 Å². The van der Waals surface area contributed by atoms with Gasteiger partial charge in [0.25, 0.3) is 5.91 Å². The van der Waals surface area contributed by atoms with E-state index in [1.807, 2.05) is 25.1 Å². The molecule has 5 rings (SSSR count). The number of fused-ring (bicyclic) bond motifs is 7. The number of ketones is 1. The minimum atomic E-state index is -1.35. The lowest BCUT2D eigenvalue weighted by Crippen LogP contribution is -2.22. The average molecular weight is 684 g/mol. The number of imidazole rings is 1. The molecular weight excluding hydrogens is 638 g/mol. The van der Waals surface area contributed by atoms with E-state index in [9.17, 15) is 24.6 Å². The summed E-state index contributed by atoms with van der Waals surface area (Å²) in [6, 6.07) is 3.71. The van der Waals surface area contributed by atoms with Crippen LogP contribution in [0.15, 0.2) is 54.5 Å². The maximum absolute atomic E-state index is 13.9. The number of unbranched alkanes of at least 4 members (excludes halogenated alkanes) is 1. The van der Waals surface area contributed by atoms with E-state index in [1.54, 1.807) is 43.5 Å². The van der Waals surface area contributed by atoms with Crippen molar-refractivity contribution in [1.29, 1.82) is 0 Å². The minimum Gasteiger partial charge on any atom is -0.507 e. The fraction of sp³-hybridized carbons (Fsp3) is 0.385. The number of amides is 1. The molecule has 50 heavy (non-hydrogen) atoms. The summed E-state index contributed by atoms with van der Waals surface area (Å²) >= 11 is 0. The Labute approximate surface area is 291 Å². The van der Waals surface area contributed by atoms with Gasteiger partial charge in [-0.1, -0.05) is 44.9 Å². The van der Waals surface area contributed by atoms with E-state index in [0.717, 1.165) is 24.8 Å². The van der Waals surface area contributed by atoms with Gasteiger partial charge in [0.2, 0.25) is 5.78 Å². The van der Waals surface area contributed by atoms with Gasteiger partial charge in [-0.05, 0) is 76.6 Å². The Kier molecular flexibility index (Phi) is 10.8. The fourth-order valence-corrected chi connectivity index (χ4v) is 6.14. The molecule has 0 fully saturated rings. The van der Waals surface area contributed by atoms with Crippen LogP contribution in [-0.4, -0.2) is 49.7 Å². The minimum absolute atomic E-state index is 0.0388. The van der Waals surface area contributed by atoms with Crippen LogP contribution in [0.5, 0.6) is 17.2 Å². The fourth-order valence-electron chi connectivity index (χ4n) is 6.14. The quantitative estimate of drug-likeness (QED) is 0.0418. The maximum Gasteiger partial charge on any atom is 0.304 e. The number of ether oxygens (including phenoxy) is 3. The highest BCUT2D eigenvalue weighted by atomic mass is 16.7. The molecule has 4 aromatic rings. The number of rotatable bonds is 13. The molecule has 1 amide bonds. The number of nitrogens with zero attached hydrogens (tertiary/aromatic N) is 2. The van der Waals surface area contributed by atoms with E-state index in [2.05, 4.69) is 25.2 Å². The van der Waals surface area contributed by atoms with E-state index < -0.39 is 23.7 Å². The number of benzene rings is 2. The van der Waals surface area contributed by atoms with Crippen molar-refractivity contribution in [3.05, 3.63) is 71.2 Å². The standard InChI is InChI=1S/C39H45N3O8/c1-8-9-13-21(2)14-12-15-23(4)38(47)41-32-33-31(40-27-20-22(3)17-18-42(27)33)28-29(35(32)45)34(44)25(6)37-30(28)36(46)39(50-37)48-19-11-10-16-24(5)49-26(7)43/h11-12,14-15,17-21,24,39,44-45H,8-10,13,16H2,1-7H3,(H,41,47)/b14-12+,19-11+,23-15-/t21-,24+,39?/m1/s1. The van der Waals surface area contributed by atoms with Crippen molar-refractivity contribution in [2.45, 2.75) is 93.0 Å². The summed E-state index contributed by atoms with van der Waals surface area (Å²) in [7, 11) is 0. The summed E-state index contributed by atoms with van der Waals surface area (Å²) in [5, 5.41) is 26.4. The van der Waals surface area contributed by atoms with E-state index in [1.165, 1.54) is 13.2 Å². The third-order valence-corrected chi connectivity index (χ3v) is 8.87. The Hall–Kier alpha value is -5.32. The largest absolute Gasteiger partial charge is 0.507 e. The van der Waals surface area contributed by atoms with Gasteiger partial charge in [-0.15, -0.1) is 0 Å². The summed E-state index contributed by atoms with van der Waals surface area (Å²) in [4.78, 5) is 43.5. The number of hydrogen-bond acceptors (Lipinski definition) is 9. The zero-order chi connectivity index (χ0) is 36.3. The zero-order valence-electron chi connectivity index (χ0n) is 29.6. The van der Waals surface area contributed by atoms with Gasteiger partial charge in [0, 0.05) is 29.6 Å². The number of Topliss-reactive ketones (excluding diaryl/α,β-unsaturated/α-hetero) is 1. The second kappa shape index (κ2) is 15.1. The van der Waals surface area contributed by atoms with Crippen LogP contribution >= 0.6 is 0 Å². The van der Waals surface area contributed by atoms with Gasteiger partial charge in [-0.25, -0.2) is 4.98 Å². The summed E-state index contributed by atoms with van der Waals surface area (Å²) < 4.78 is 18.5. The summed E-state index contributed by atoms with van der Waals surface area (Å²) in [5.41, 5.74) is 2.84. The molecule has 0 aliphatic carbocycles. The number of esters is 1. The Morgan fingerprint density at radius 3 is 2.62 bits per heavy atom. The van der Waals surface area contributed by atoms with Gasteiger partial charge < -0.3 is 29.7 Å². The van der Waals surface area contributed by atoms with Crippen molar-refractivity contribution >= 4 is 50.8 Å². The van der Waals surface area contributed by atoms with Crippen LogP contribution in [0.4, 0.5) is 5.69 Å². The predicted octanol–water partition coefficient (Wildman–Crippen LogP) is 8.10. The Bertz CT molecular complexity index is 2070. The van der Waals surface area contributed by atoms with Crippen molar-refractivity contribution in [3.8, 4) is 17.2 Å². The monoisotopic (exact) mass is 683 g/mol.